The summed E-state index contributed by atoms with van der Waals surface area (Å²) in [6, 6.07) is 28.3. The zero-order valence-corrected chi connectivity index (χ0v) is 34.2. The highest BCUT2D eigenvalue weighted by Crippen LogP contribution is 2.54. The fourth-order valence-corrected chi connectivity index (χ4v) is 11.6. The standard InChI is InChI=1S/C48H64N6O4/c55-47(51-35-17-13-33(14-18-35)25-29-53-41-21-22-42(53)38-8-2-1-7-37(38)41)49-27-31-57-45-11-5-6-12-46(45)58-32-28-50-48(56)52-36-19-15-34(16-20-36)26-30-54-43-23-24-44(54)40-10-4-3-9-39(40)43/h1-12,33-36,41-44H,13-32H2,(H2,49,51,55)(H2,50,52,56). The Kier molecular flexibility index (Phi) is 12.4. The van der Waals surface area contributed by atoms with Crippen molar-refractivity contribution in [2.75, 3.05) is 39.4 Å². The van der Waals surface area contributed by atoms with Crippen molar-refractivity contribution in [2.24, 2.45) is 11.8 Å². The van der Waals surface area contributed by atoms with Crippen LogP contribution in [0.4, 0.5) is 9.59 Å². The lowest BCUT2D eigenvalue weighted by Gasteiger charge is -2.31. The van der Waals surface area contributed by atoms with E-state index in [0.29, 0.717) is 62.0 Å². The van der Waals surface area contributed by atoms with Crippen molar-refractivity contribution in [3.63, 3.8) is 0 Å². The first-order valence-corrected chi connectivity index (χ1v) is 22.7. The van der Waals surface area contributed by atoms with E-state index >= 15 is 0 Å². The van der Waals surface area contributed by atoms with Crippen LogP contribution in [-0.4, -0.2) is 73.3 Å². The van der Waals surface area contributed by atoms with Crippen LogP contribution in [0.15, 0.2) is 72.8 Å². The van der Waals surface area contributed by atoms with Crippen molar-refractivity contribution in [2.45, 2.75) is 126 Å². The van der Waals surface area contributed by atoms with E-state index in [1.807, 2.05) is 24.3 Å². The Morgan fingerprint density at radius 1 is 0.483 bits per heavy atom. The first-order chi connectivity index (χ1) is 28.6. The zero-order valence-electron chi connectivity index (χ0n) is 34.2. The second-order valence-electron chi connectivity index (χ2n) is 17.9. The van der Waals surface area contributed by atoms with Gasteiger partial charge in [-0.2, -0.15) is 0 Å². The number of nitrogens with zero attached hydrogens (tertiary/aromatic N) is 2. The van der Waals surface area contributed by atoms with Crippen LogP contribution in [0.25, 0.3) is 0 Å². The summed E-state index contributed by atoms with van der Waals surface area (Å²) in [7, 11) is 0. The molecule has 6 aliphatic rings. The third-order valence-corrected chi connectivity index (χ3v) is 14.6. The molecular formula is C48H64N6O4. The molecule has 4 fully saturated rings. The number of urea groups is 2. The minimum absolute atomic E-state index is 0.129. The fraction of sp³-hybridized carbons (Fsp3) is 0.583. The number of hydrogen-bond donors (Lipinski definition) is 4. The summed E-state index contributed by atoms with van der Waals surface area (Å²) in [6.07, 6.45) is 16.6. The Hall–Kier alpha value is -4.28. The molecule has 4 unspecified atom stereocenters. The summed E-state index contributed by atoms with van der Waals surface area (Å²) in [6.45, 7) is 3.83. The van der Waals surface area contributed by atoms with Crippen molar-refractivity contribution < 1.29 is 19.1 Å². The van der Waals surface area contributed by atoms with Crippen molar-refractivity contribution >= 4 is 12.1 Å². The predicted molar refractivity (Wildman–Crippen MR) is 227 cm³/mol. The van der Waals surface area contributed by atoms with Crippen LogP contribution in [0.3, 0.4) is 0 Å². The minimum atomic E-state index is -0.129. The van der Waals surface area contributed by atoms with Gasteiger partial charge in [0.1, 0.15) is 13.2 Å². The minimum Gasteiger partial charge on any atom is -0.488 e. The van der Waals surface area contributed by atoms with Crippen molar-refractivity contribution in [3.8, 4) is 11.5 Å². The number of carbonyl (C=O) groups is 2. The topological polar surface area (TPSA) is 107 Å². The molecule has 4 heterocycles. The number of amides is 4. The summed E-state index contributed by atoms with van der Waals surface area (Å²) >= 11 is 0. The molecule has 4 aliphatic heterocycles. The molecule has 2 aliphatic carbocycles. The summed E-state index contributed by atoms with van der Waals surface area (Å²) in [4.78, 5) is 30.9. The van der Waals surface area contributed by atoms with E-state index in [9.17, 15) is 9.59 Å². The van der Waals surface area contributed by atoms with Crippen LogP contribution < -0.4 is 30.7 Å². The quantitative estimate of drug-likeness (QED) is 0.108. The van der Waals surface area contributed by atoms with Crippen molar-refractivity contribution in [3.05, 3.63) is 95.1 Å². The van der Waals surface area contributed by atoms with E-state index in [1.165, 1.54) is 77.3 Å². The number of nitrogens with one attached hydrogen (secondary N) is 4. The van der Waals surface area contributed by atoms with E-state index in [0.717, 1.165) is 37.5 Å². The van der Waals surface area contributed by atoms with Crippen LogP contribution in [0, 0.1) is 11.8 Å². The molecule has 58 heavy (non-hydrogen) atoms. The van der Waals surface area contributed by atoms with Gasteiger partial charge in [-0.25, -0.2) is 9.59 Å². The molecule has 4 amide bonds. The molecule has 4 N–H and O–H groups in total. The molecule has 3 aromatic carbocycles. The monoisotopic (exact) mass is 788 g/mol. The van der Waals surface area contributed by atoms with Gasteiger partial charge >= 0.3 is 12.1 Å². The second kappa shape index (κ2) is 18.3. The molecule has 3 aromatic rings. The van der Waals surface area contributed by atoms with E-state index in [1.54, 1.807) is 22.3 Å². The van der Waals surface area contributed by atoms with Gasteiger partial charge < -0.3 is 30.7 Å². The van der Waals surface area contributed by atoms with Gasteiger partial charge in [-0.1, -0.05) is 60.7 Å². The lowest BCUT2D eigenvalue weighted by Crippen LogP contribution is -2.44. The largest absolute Gasteiger partial charge is 0.488 e. The molecule has 0 aromatic heterocycles. The van der Waals surface area contributed by atoms with Gasteiger partial charge in [-0.05, 0) is 149 Å². The van der Waals surface area contributed by atoms with E-state index < -0.39 is 0 Å². The number of benzene rings is 3. The molecule has 0 radical (unpaired) electrons. The molecule has 2 saturated heterocycles. The van der Waals surface area contributed by atoms with Gasteiger partial charge in [0.15, 0.2) is 11.5 Å². The SMILES string of the molecule is O=C(NCCOc1ccccc1OCCNC(=O)NC1CCC(CCN2C3CCC2c2ccccc23)CC1)NC1CCC(CCN2C3CCC2c2ccccc23)CC1. The summed E-state index contributed by atoms with van der Waals surface area (Å²) in [5.74, 6) is 2.73. The van der Waals surface area contributed by atoms with Crippen LogP contribution >= 0.6 is 0 Å². The molecule has 10 heteroatoms. The summed E-state index contributed by atoms with van der Waals surface area (Å²) < 4.78 is 12.0. The maximum Gasteiger partial charge on any atom is 0.315 e. The molecule has 10 nitrogen and oxygen atoms in total. The van der Waals surface area contributed by atoms with Crippen molar-refractivity contribution in [1.29, 1.82) is 0 Å². The molecule has 9 rings (SSSR count). The maximum atomic E-state index is 12.7. The number of rotatable bonds is 16. The molecule has 0 spiro atoms. The van der Waals surface area contributed by atoms with Crippen LogP contribution in [-0.2, 0) is 0 Å². The lowest BCUT2D eigenvalue weighted by atomic mass is 9.84. The first-order valence-electron chi connectivity index (χ1n) is 22.7. The molecule has 2 saturated carbocycles. The zero-order chi connectivity index (χ0) is 39.3. The smallest absolute Gasteiger partial charge is 0.315 e. The molecular weight excluding hydrogens is 725 g/mol. The van der Waals surface area contributed by atoms with Gasteiger partial charge in [0.2, 0.25) is 0 Å². The third kappa shape index (κ3) is 8.83. The Morgan fingerprint density at radius 2 is 0.828 bits per heavy atom. The highest BCUT2D eigenvalue weighted by atomic mass is 16.5. The predicted octanol–water partition coefficient (Wildman–Crippen LogP) is 8.72. The average molecular weight is 789 g/mol. The summed E-state index contributed by atoms with van der Waals surface area (Å²) in [5.41, 5.74) is 6.26. The van der Waals surface area contributed by atoms with Crippen LogP contribution in [0.5, 0.6) is 11.5 Å². The molecule has 4 bridgehead atoms. The highest BCUT2D eigenvalue weighted by molar-refractivity contribution is 5.74. The normalized spacial score (nSPS) is 28.4. The number of hydrogen-bond acceptors (Lipinski definition) is 6. The van der Waals surface area contributed by atoms with Crippen molar-refractivity contribution in [1.82, 2.24) is 31.1 Å². The Morgan fingerprint density at radius 3 is 1.19 bits per heavy atom. The van der Waals surface area contributed by atoms with Gasteiger partial charge in [0.25, 0.3) is 0 Å². The average Bonchev–Trinajstić information content (AvgIpc) is 4.02. The summed E-state index contributed by atoms with van der Waals surface area (Å²) in [5, 5.41) is 12.3. The number of ether oxygens (including phenoxy) is 2. The van der Waals surface area contributed by atoms with Gasteiger partial charge in [0, 0.05) is 36.3 Å². The Labute approximate surface area is 345 Å². The van der Waals surface area contributed by atoms with Gasteiger partial charge in [0.05, 0.1) is 13.1 Å². The van der Waals surface area contributed by atoms with Gasteiger partial charge in [-0.15, -0.1) is 0 Å². The van der Waals surface area contributed by atoms with E-state index in [4.69, 9.17) is 9.47 Å². The highest BCUT2D eigenvalue weighted by Gasteiger charge is 2.44. The van der Waals surface area contributed by atoms with E-state index in [-0.39, 0.29) is 24.1 Å². The van der Waals surface area contributed by atoms with E-state index in [2.05, 4.69) is 79.6 Å². The second-order valence-corrected chi connectivity index (χ2v) is 17.9. The number of carbonyl (C=O) groups excluding carboxylic acids is 2. The lowest BCUT2D eigenvalue weighted by molar-refractivity contribution is 0.185. The number of para-hydroxylation sites is 2. The van der Waals surface area contributed by atoms with Crippen LogP contribution in [0.1, 0.15) is 136 Å². The first kappa shape index (κ1) is 39.2. The Balaban J connectivity index is 0.603. The Bertz CT molecular complexity index is 1660. The van der Waals surface area contributed by atoms with Crippen LogP contribution in [0.2, 0.25) is 0 Å². The molecule has 310 valence electrons. The maximum absolute atomic E-state index is 12.7. The third-order valence-electron chi connectivity index (χ3n) is 14.6. The van der Waals surface area contributed by atoms with Gasteiger partial charge in [-0.3, -0.25) is 9.80 Å². The molecule has 4 atom stereocenters. The fourth-order valence-electron chi connectivity index (χ4n) is 11.6. The number of fused-ring (bicyclic) bond motifs is 10.